The van der Waals surface area contributed by atoms with Crippen LogP contribution in [0.4, 0.5) is 0 Å². The minimum Gasteiger partial charge on any atom is -0.342 e. The van der Waals surface area contributed by atoms with E-state index in [1.54, 1.807) is 17.8 Å². The van der Waals surface area contributed by atoms with Crippen LogP contribution in [0.2, 0.25) is 5.02 Å². The van der Waals surface area contributed by atoms with E-state index >= 15 is 0 Å². The fraction of sp³-hybridized carbons (Fsp3) is 0.0714. The number of rotatable bonds is 5. The summed E-state index contributed by atoms with van der Waals surface area (Å²) in [5.74, 6) is 0.361. The van der Waals surface area contributed by atoms with Gasteiger partial charge in [-0.05, 0) is 47.2 Å². The van der Waals surface area contributed by atoms with Crippen LogP contribution in [0.3, 0.4) is 0 Å². The Labute approximate surface area is 227 Å². The molecule has 1 aromatic heterocycles. The summed E-state index contributed by atoms with van der Waals surface area (Å²) in [6.45, 7) is 0.656. The van der Waals surface area contributed by atoms with Crippen molar-refractivity contribution in [2.75, 3.05) is 0 Å². The Kier molecular flexibility index (Phi) is 6.46. The van der Waals surface area contributed by atoms with E-state index in [-0.39, 0.29) is 11.4 Å². The van der Waals surface area contributed by atoms with Crippen LogP contribution in [0.15, 0.2) is 101 Å². The first kappa shape index (κ1) is 23.8. The van der Waals surface area contributed by atoms with Gasteiger partial charge in [0.15, 0.2) is 10.2 Å². The highest BCUT2D eigenvalue weighted by molar-refractivity contribution is 8.45. The number of thioether (sulfide) groups is 2. The number of amides is 1. The molecule has 4 aromatic rings. The SMILES string of the molecule is N=C1/C(=C/c2cn(Cc3ccc(Cl)cc3)c3ccccc23)C(=O)N=C2SC(SCc3ccccc3)=NN12. The van der Waals surface area contributed by atoms with Crippen molar-refractivity contribution in [2.24, 2.45) is 10.1 Å². The molecule has 0 unspecified atom stereocenters. The minimum atomic E-state index is -0.428. The lowest BCUT2D eigenvalue weighted by molar-refractivity contribution is -0.114. The van der Waals surface area contributed by atoms with Crippen molar-refractivity contribution in [3.63, 3.8) is 0 Å². The number of hydrogen-bond acceptors (Lipinski definition) is 5. The third kappa shape index (κ3) is 4.87. The lowest BCUT2D eigenvalue weighted by Gasteiger charge is -2.20. The molecule has 182 valence electrons. The number of para-hydroxylation sites is 1. The second kappa shape index (κ2) is 10.0. The molecule has 2 aliphatic heterocycles. The van der Waals surface area contributed by atoms with E-state index in [1.165, 1.54) is 22.3 Å². The Bertz CT molecular complexity index is 1620. The lowest BCUT2D eigenvalue weighted by Crippen LogP contribution is -2.35. The molecular formula is C28H20ClN5OS2. The Morgan fingerprint density at radius 2 is 1.73 bits per heavy atom. The maximum atomic E-state index is 13.0. The molecule has 3 heterocycles. The van der Waals surface area contributed by atoms with E-state index in [2.05, 4.69) is 32.9 Å². The predicted octanol–water partition coefficient (Wildman–Crippen LogP) is 6.85. The van der Waals surface area contributed by atoms with E-state index in [1.807, 2.05) is 66.9 Å². The summed E-state index contributed by atoms with van der Waals surface area (Å²) >= 11 is 8.94. The van der Waals surface area contributed by atoms with Crippen LogP contribution in [0.1, 0.15) is 16.7 Å². The first-order valence-electron chi connectivity index (χ1n) is 11.5. The zero-order valence-electron chi connectivity index (χ0n) is 19.5. The van der Waals surface area contributed by atoms with Gasteiger partial charge in [-0.1, -0.05) is 84.0 Å². The summed E-state index contributed by atoms with van der Waals surface area (Å²) in [6, 6.07) is 25.9. The number of nitrogens with one attached hydrogen (secondary N) is 1. The molecule has 6 rings (SSSR count). The summed E-state index contributed by atoms with van der Waals surface area (Å²) in [7, 11) is 0. The lowest BCUT2D eigenvalue weighted by atomic mass is 10.1. The van der Waals surface area contributed by atoms with E-state index in [0.717, 1.165) is 32.2 Å². The Hall–Kier alpha value is -3.59. The summed E-state index contributed by atoms with van der Waals surface area (Å²) in [4.78, 5) is 17.2. The van der Waals surface area contributed by atoms with Crippen LogP contribution < -0.4 is 0 Å². The van der Waals surface area contributed by atoms with Gasteiger partial charge in [0.1, 0.15) is 0 Å². The maximum absolute atomic E-state index is 13.0. The molecule has 0 atom stereocenters. The zero-order valence-corrected chi connectivity index (χ0v) is 21.9. The molecule has 1 amide bonds. The van der Waals surface area contributed by atoms with Crippen molar-refractivity contribution in [1.82, 2.24) is 9.58 Å². The fourth-order valence-corrected chi connectivity index (χ4v) is 6.23. The van der Waals surface area contributed by atoms with Crippen molar-refractivity contribution < 1.29 is 4.79 Å². The molecule has 9 heteroatoms. The highest BCUT2D eigenvalue weighted by Gasteiger charge is 2.36. The molecule has 6 nitrogen and oxygen atoms in total. The standard InChI is InChI=1S/C28H20ClN5OS2/c29-21-12-10-18(11-13-21)15-33-16-20(22-8-4-5-9-24(22)33)14-23-25(30)34-27(31-26(23)35)37-28(32-34)36-17-19-6-2-1-3-7-19/h1-14,16,30H,15,17H2/b23-14-,30-25?. The first-order chi connectivity index (χ1) is 18.0. The summed E-state index contributed by atoms with van der Waals surface area (Å²) in [5.41, 5.74) is 4.41. The number of carbonyl (C=O) groups is 1. The zero-order chi connectivity index (χ0) is 25.4. The van der Waals surface area contributed by atoms with Crippen molar-refractivity contribution in [2.45, 2.75) is 12.3 Å². The van der Waals surface area contributed by atoms with Crippen LogP contribution in [0.5, 0.6) is 0 Å². The molecule has 0 bridgehead atoms. The van der Waals surface area contributed by atoms with Crippen molar-refractivity contribution in [3.05, 3.63) is 112 Å². The number of fused-ring (bicyclic) bond motifs is 2. The van der Waals surface area contributed by atoms with E-state index in [0.29, 0.717) is 16.7 Å². The second-order valence-electron chi connectivity index (χ2n) is 8.52. The number of amidine groups is 2. The molecule has 0 radical (unpaired) electrons. The average molecular weight is 542 g/mol. The Morgan fingerprint density at radius 3 is 2.54 bits per heavy atom. The molecule has 0 aliphatic carbocycles. The quantitative estimate of drug-likeness (QED) is 0.280. The van der Waals surface area contributed by atoms with Gasteiger partial charge in [-0.2, -0.15) is 10.0 Å². The average Bonchev–Trinajstić information content (AvgIpc) is 3.48. The molecule has 1 N–H and O–H groups in total. The maximum Gasteiger partial charge on any atom is 0.283 e. The normalized spacial score (nSPS) is 16.4. The van der Waals surface area contributed by atoms with E-state index in [9.17, 15) is 4.79 Å². The number of hydrogen-bond donors (Lipinski definition) is 1. The van der Waals surface area contributed by atoms with Crippen LogP contribution in [-0.2, 0) is 17.1 Å². The monoisotopic (exact) mass is 541 g/mol. The highest BCUT2D eigenvalue weighted by atomic mass is 35.5. The summed E-state index contributed by atoms with van der Waals surface area (Å²) in [6.07, 6.45) is 3.76. The molecule has 37 heavy (non-hydrogen) atoms. The number of nitrogens with zero attached hydrogens (tertiary/aromatic N) is 4. The molecule has 0 fully saturated rings. The molecular weight excluding hydrogens is 522 g/mol. The van der Waals surface area contributed by atoms with Gasteiger partial charge in [0.2, 0.25) is 5.17 Å². The molecule has 0 saturated carbocycles. The van der Waals surface area contributed by atoms with Crippen LogP contribution in [0, 0.1) is 5.41 Å². The van der Waals surface area contributed by atoms with Gasteiger partial charge in [-0.25, -0.2) is 0 Å². The third-order valence-corrected chi connectivity index (χ3v) is 8.39. The number of carbonyl (C=O) groups excluding carboxylic acids is 1. The number of halogens is 1. The molecule has 0 saturated heterocycles. The van der Waals surface area contributed by atoms with Crippen molar-refractivity contribution in [1.29, 1.82) is 5.41 Å². The summed E-state index contributed by atoms with van der Waals surface area (Å²) in [5, 5.41) is 16.9. The largest absolute Gasteiger partial charge is 0.342 e. The number of aliphatic imine (C=N–C) groups is 1. The summed E-state index contributed by atoms with van der Waals surface area (Å²) < 4.78 is 2.90. The third-order valence-electron chi connectivity index (χ3n) is 6.03. The van der Waals surface area contributed by atoms with Crippen molar-refractivity contribution in [3.8, 4) is 0 Å². The van der Waals surface area contributed by atoms with Gasteiger partial charge in [0, 0.05) is 40.0 Å². The Morgan fingerprint density at radius 1 is 0.973 bits per heavy atom. The Balaban J connectivity index is 1.28. The minimum absolute atomic E-state index is 0.0346. The van der Waals surface area contributed by atoms with Gasteiger partial charge in [-0.15, -0.1) is 5.10 Å². The highest BCUT2D eigenvalue weighted by Crippen LogP contribution is 2.34. The van der Waals surface area contributed by atoms with Crippen LogP contribution >= 0.6 is 35.1 Å². The fourth-order valence-electron chi connectivity index (χ4n) is 4.22. The number of aromatic nitrogens is 1. The van der Waals surface area contributed by atoms with Gasteiger partial charge < -0.3 is 4.57 Å². The molecule has 0 spiro atoms. The number of hydrazone groups is 1. The molecule has 3 aromatic carbocycles. The van der Waals surface area contributed by atoms with Gasteiger partial charge >= 0.3 is 0 Å². The van der Waals surface area contributed by atoms with Crippen molar-refractivity contribution >= 4 is 73.4 Å². The second-order valence-corrected chi connectivity index (χ2v) is 11.1. The molecule has 2 aliphatic rings. The van der Waals surface area contributed by atoms with Crippen LogP contribution in [0.25, 0.3) is 17.0 Å². The van der Waals surface area contributed by atoms with Gasteiger partial charge in [0.05, 0.1) is 5.57 Å². The number of benzene rings is 3. The topological polar surface area (TPSA) is 73.8 Å². The smallest absolute Gasteiger partial charge is 0.283 e. The van der Waals surface area contributed by atoms with E-state index < -0.39 is 5.91 Å². The first-order valence-corrected chi connectivity index (χ1v) is 13.7. The van der Waals surface area contributed by atoms with Gasteiger partial charge in [0.25, 0.3) is 5.91 Å². The van der Waals surface area contributed by atoms with Crippen LogP contribution in [-0.4, -0.2) is 30.9 Å². The van der Waals surface area contributed by atoms with E-state index in [4.69, 9.17) is 17.0 Å². The van der Waals surface area contributed by atoms with Gasteiger partial charge in [-0.3, -0.25) is 10.2 Å². The predicted molar refractivity (Wildman–Crippen MR) is 155 cm³/mol.